The Morgan fingerprint density at radius 2 is 2.12 bits per heavy atom. The number of thiophene rings is 1. The molecule has 1 atom stereocenters. The zero-order chi connectivity index (χ0) is 16.7. The maximum atomic E-state index is 12.8. The highest BCUT2D eigenvalue weighted by atomic mass is 32.1. The van der Waals surface area contributed by atoms with E-state index in [0.29, 0.717) is 16.1 Å². The molecule has 2 aromatic rings. The lowest BCUT2D eigenvalue weighted by molar-refractivity contribution is -0.122. The summed E-state index contributed by atoms with van der Waals surface area (Å²) in [5.41, 5.74) is 0.964. The highest BCUT2D eigenvalue weighted by molar-refractivity contribution is 7.18. The molecule has 0 aromatic carbocycles. The average molecular weight is 346 g/mol. The lowest BCUT2D eigenvalue weighted by Gasteiger charge is -2.17. The third-order valence-corrected chi connectivity index (χ3v) is 6.34. The van der Waals surface area contributed by atoms with Crippen LogP contribution in [-0.4, -0.2) is 26.9 Å². The number of aromatic nitrogens is 3. The molecule has 0 radical (unpaired) electrons. The standard InChI is InChI=1S/C17H22N4O2S/c1-10-6-7-12-13(8-10)24-16-15(12)17(23)21(20-19-16)9-14(22)18-11-4-2-3-5-11/h10-11H,2-9H2,1H3,(H,18,22). The highest BCUT2D eigenvalue weighted by Gasteiger charge is 2.24. The van der Waals surface area contributed by atoms with Crippen LogP contribution in [-0.2, 0) is 24.2 Å². The molecule has 0 bridgehead atoms. The van der Waals surface area contributed by atoms with E-state index >= 15 is 0 Å². The maximum absolute atomic E-state index is 12.8. The predicted octanol–water partition coefficient (Wildman–Crippen LogP) is 2.04. The maximum Gasteiger partial charge on any atom is 0.279 e. The summed E-state index contributed by atoms with van der Waals surface area (Å²) in [6, 6.07) is 0.250. The van der Waals surface area contributed by atoms with Gasteiger partial charge in [-0.3, -0.25) is 9.59 Å². The molecule has 0 aliphatic heterocycles. The van der Waals surface area contributed by atoms with E-state index in [9.17, 15) is 9.59 Å². The molecule has 128 valence electrons. The predicted molar refractivity (Wildman–Crippen MR) is 93.3 cm³/mol. The molecule has 24 heavy (non-hydrogen) atoms. The van der Waals surface area contributed by atoms with Gasteiger partial charge in [-0.2, -0.15) is 0 Å². The fraction of sp³-hybridized carbons (Fsp3) is 0.647. The molecule has 0 saturated heterocycles. The number of rotatable bonds is 3. The van der Waals surface area contributed by atoms with Crippen molar-refractivity contribution in [1.29, 1.82) is 0 Å². The van der Waals surface area contributed by atoms with Gasteiger partial charge in [-0.1, -0.05) is 25.0 Å². The summed E-state index contributed by atoms with van der Waals surface area (Å²) < 4.78 is 1.22. The molecule has 4 rings (SSSR count). The summed E-state index contributed by atoms with van der Waals surface area (Å²) in [7, 11) is 0. The van der Waals surface area contributed by atoms with Crippen molar-refractivity contribution in [2.24, 2.45) is 5.92 Å². The molecular weight excluding hydrogens is 324 g/mol. The van der Waals surface area contributed by atoms with Gasteiger partial charge in [-0.05, 0) is 43.6 Å². The van der Waals surface area contributed by atoms with Gasteiger partial charge in [0.15, 0.2) is 4.83 Å². The van der Waals surface area contributed by atoms with Crippen molar-refractivity contribution < 1.29 is 4.79 Å². The van der Waals surface area contributed by atoms with Crippen LogP contribution < -0.4 is 10.9 Å². The normalized spacial score (nSPS) is 21.1. The van der Waals surface area contributed by atoms with Crippen LogP contribution in [0.3, 0.4) is 0 Å². The van der Waals surface area contributed by atoms with E-state index in [0.717, 1.165) is 50.5 Å². The van der Waals surface area contributed by atoms with E-state index in [-0.39, 0.29) is 24.1 Å². The van der Waals surface area contributed by atoms with Crippen molar-refractivity contribution in [1.82, 2.24) is 20.3 Å². The van der Waals surface area contributed by atoms with Crippen LogP contribution in [0.4, 0.5) is 0 Å². The van der Waals surface area contributed by atoms with E-state index in [2.05, 4.69) is 22.6 Å². The van der Waals surface area contributed by atoms with Crippen LogP contribution in [0.5, 0.6) is 0 Å². The molecule has 2 heterocycles. The number of nitrogens with zero attached hydrogens (tertiary/aromatic N) is 3. The topological polar surface area (TPSA) is 76.9 Å². The third kappa shape index (κ3) is 2.85. The first kappa shape index (κ1) is 15.7. The minimum Gasteiger partial charge on any atom is -0.352 e. The van der Waals surface area contributed by atoms with E-state index in [4.69, 9.17) is 0 Å². The summed E-state index contributed by atoms with van der Waals surface area (Å²) in [6.45, 7) is 2.20. The molecule has 1 N–H and O–H groups in total. The molecule has 7 heteroatoms. The lowest BCUT2D eigenvalue weighted by atomic mass is 9.89. The van der Waals surface area contributed by atoms with E-state index in [1.165, 1.54) is 9.56 Å². The highest BCUT2D eigenvalue weighted by Crippen LogP contribution is 2.35. The number of carbonyl (C=O) groups is 1. The van der Waals surface area contributed by atoms with Gasteiger partial charge >= 0.3 is 0 Å². The van der Waals surface area contributed by atoms with Crippen LogP contribution in [0, 0.1) is 5.92 Å². The van der Waals surface area contributed by atoms with Crippen molar-refractivity contribution in [2.75, 3.05) is 0 Å². The van der Waals surface area contributed by atoms with Gasteiger partial charge in [0.25, 0.3) is 5.56 Å². The first-order valence-corrected chi connectivity index (χ1v) is 9.61. The summed E-state index contributed by atoms with van der Waals surface area (Å²) in [6.07, 6.45) is 7.42. The Kier molecular flexibility index (Phi) is 4.12. The molecule has 2 aliphatic carbocycles. The first-order valence-electron chi connectivity index (χ1n) is 8.79. The number of carbonyl (C=O) groups excluding carboxylic acids is 1. The van der Waals surface area contributed by atoms with Gasteiger partial charge in [0.2, 0.25) is 5.91 Å². The van der Waals surface area contributed by atoms with E-state index in [1.54, 1.807) is 11.3 Å². The monoisotopic (exact) mass is 346 g/mol. The van der Waals surface area contributed by atoms with Crippen LogP contribution >= 0.6 is 11.3 Å². The number of amides is 1. The summed E-state index contributed by atoms with van der Waals surface area (Å²) in [5, 5.41) is 11.9. The second-order valence-electron chi connectivity index (χ2n) is 7.13. The summed E-state index contributed by atoms with van der Waals surface area (Å²) in [4.78, 5) is 27.0. The summed E-state index contributed by atoms with van der Waals surface area (Å²) in [5.74, 6) is 0.508. The molecule has 2 aliphatic rings. The molecule has 1 saturated carbocycles. The second kappa shape index (κ2) is 6.27. The zero-order valence-electron chi connectivity index (χ0n) is 13.9. The van der Waals surface area contributed by atoms with Crippen LogP contribution in [0.2, 0.25) is 0 Å². The fourth-order valence-electron chi connectivity index (χ4n) is 3.87. The first-order chi connectivity index (χ1) is 11.6. The number of nitrogens with one attached hydrogen (secondary N) is 1. The number of hydrogen-bond acceptors (Lipinski definition) is 5. The molecule has 2 aromatic heterocycles. The van der Waals surface area contributed by atoms with E-state index < -0.39 is 0 Å². The molecule has 1 unspecified atom stereocenters. The van der Waals surface area contributed by atoms with Crippen LogP contribution in [0.1, 0.15) is 49.5 Å². The Labute approximate surface area is 144 Å². The van der Waals surface area contributed by atoms with Crippen molar-refractivity contribution in [2.45, 2.75) is 64.5 Å². The zero-order valence-corrected chi connectivity index (χ0v) is 14.7. The number of fused-ring (bicyclic) bond motifs is 3. The lowest BCUT2D eigenvalue weighted by Crippen LogP contribution is -2.38. The van der Waals surface area contributed by atoms with Gasteiger partial charge in [-0.15, -0.1) is 16.4 Å². The molecular formula is C17H22N4O2S. The van der Waals surface area contributed by atoms with Crippen molar-refractivity contribution >= 4 is 27.5 Å². The van der Waals surface area contributed by atoms with Gasteiger partial charge in [-0.25, -0.2) is 4.68 Å². The Balaban J connectivity index is 1.61. The number of aryl methyl sites for hydroxylation is 1. The Bertz CT molecular complexity index is 835. The molecule has 0 spiro atoms. The SMILES string of the molecule is CC1CCc2c(sc3nnn(CC(=O)NC4CCCC4)c(=O)c23)C1. The second-order valence-corrected chi connectivity index (χ2v) is 8.22. The van der Waals surface area contributed by atoms with Crippen molar-refractivity contribution in [3.8, 4) is 0 Å². The molecule has 1 fully saturated rings. The van der Waals surface area contributed by atoms with Gasteiger partial charge in [0.05, 0.1) is 5.39 Å². The van der Waals surface area contributed by atoms with Gasteiger partial charge in [0, 0.05) is 10.9 Å². The molecule has 6 nitrogen and oxygen atoms in total. The van der Waals surface area contributed by atoms with Crippen LogP contribution in [0.15, 0.2) is 4.79 Å². The molecule has 1 amide bonds. The summed E-state index contributed by atoms with van der Waals surface area (Å²) >= 11 is 1.58. The third-order valence-electron chi connectivity index (χ3n) is 5.20. The average Bonchev–Trinajstić information content (AvgIpc) is 3.16. The Hall–Kier alpha value is -1.76. The minimum absolute atomic E-state index is 0.0424. The van der Waals surface area contributed by atoms with Crippen LogP contribution in [0.25, 0.3) is 10.2 Å². The Morgan fingerprint density at radius 3 is 2.92 bits per heavy atom. The van der Waals surface area contributed by atoms with Crippen molar-refractivity contribution in [3.05, 3.63) is 20.8 Å². The quantitative estimate of drug-likeness (QED) is 0.923. The van der Waals surface area contributed by atoms with Gasteiger partial charge < -0.3 is 5.32 Å². The smallest absolute Gasteiger partial charge is 0.279 e. The van der Waals surface area contributed by atoms with Gasteiger partial charge in [0.1, 0.15) is 6.54 Å². The minimum atomic E-state index is -0.173. The largest absolute Gasteiger partial charge is 0.352 e. The number of hydrogen-bond donors (Lipinski definition) is 1. The van der Waals surface area contributed by atoms with E-state index in [1.807, 2.05) is 0 Å². The Morgan fingerprint density at radius 1 is 1.33 bits per heavy atom. The van der Waals surface area contributed by atoms with Crippen molar-refractivity contribution in [3.63, 3.8) is 0 Å². The fourth-order valence-corrected chi connectivity index (χ4v) is 5.19.